The maximum atomic E-state index is 9.21. The Morgan fingerprint density at radius 2 is 2.42 bits per heavy atom. The number of nitrogens with two attached hydrogens (primary N) is 1. The lowest BCUT2D eigenvalue weighted by molar-refractivity contribution is 0.343. The molecule has 0 saturated carbocycles. The first-order valence-corrected chi connectivity index (χ1v) is 4.42. The zero-order chi connectivity index (χ0) is 9.19. The molecule has 1 atom stereocenters. The average molecular weight is 171 g/mol. The van der Waals surface area contributed by atoms with Gasteiger partial charge in [0.25, 0.3) is 0 Å². The number of nitrogens with one attached hydrogen (secondary N) is 1. The Kier molecular flexibility index (Phi) is 3.12. The fourth-order valence-electron chi connectivity index (χ4n) is 1.87. The first-order valence-electron chi connectivity index (χ1n) is 4.42. The zero-order valence-electron chi connectivity index (χ0n) is 7.88. The molecular weight excluding hydrogens is 153 g/mol. The smallest absolute Gasteiger partial charge is 0.374 e. The summed E-state index contributed by atoms with van der Waals surface area (Å²) in [5.41, 5.74) is 5.61. The lowest BCUT2D eigenvalue weighted by Crippen LogP contribution is -2.57. The summed E-state index contributed by atoms with van der Waals surface area (Å²) in [6.45, 7) is 4.29. The van der Waals surface area contributed by atoms with E-state index in [-0.39, 0.29) is 5.54 Å². The molecule has 0 amide bonds. The third kappa shape index (κ3) is 2.20. The molecule has 70 valence electrons. The topological polar surface area (TPSA) is 61.5 Å². The van der Waals surface area contributed by atoms with Crippen molar-refractivity contribution in [1.82, 2.24) is 10.1 Å². The standard InChI is InChI=1S/C7H18BN3O/c1-8(12)10-7(5-9)3-4-11(2)6-7/h10,12H,3-6,9H2,1-2H3/t7-/m0/s1. The third-order valence-corrected chi connectivity index (χ3v) is 2.45. The number of hydrogen-bond acceptors (Lipinski definition) is 4. The summed E-state index contributed by atoms with van der Waals surface area (Å²) >= 11 is 0. The highest BCUT2D eigenvalue weighted by atomic mass is 16.2. The van der Waals surface area contributed by atoms with Crippen molar-refractivity contribution < 1.29 is 5.02 Å². The Bertz CT molecular complexity index is 156. The first kappa shape index (κ1) is 9.99. The van der Waals surface area contributed by atoms with E-state index in [9.17, 15) is 5.02 Å². The highest BCUT2D eigenvalue weighted by Crippen LogP contribution is 2.18. The van der Waals surface area contributed by atoms with Crippen molar-refractivity contribution in [3.63, 3.8) is 0 Å². The molecule has 0 radical (unpaired) electrons. The van der Waals surface area contributed by atoms with Gasteiger partial charge in [-0.05, 0) is 26.8 Å². The highest BCUT2D eigenvalue weighted by Gasteiger charge is 2.36. The van der Waals surface area contributed by atoms with Crippen LogP contribution < -0.4 is 11.0 Å². The van der Waals surface area contributed by atoms with Gasteiger partial charge < -0.3 is 20.9 Å². The monoisotopic (exact) mass is 171 g/mol. The molecule has 0 aromatic rings. The number of likely N-dealkylation sites (N-methyl/N-ethyl adjacent to an activating group) is 1. The van der Waals surface area contributed by atoms with Gasteiger partial charge in [0.1, 0.15) is 0 Å². The molecule has 4 nitrogen and oxygen atoms in total. The summed E-state index contributed by atoms with van der Waals surface area (Å²) < 4.78 is 0. The minimum absolute atomic E-state index is 0.0666. The normalized spacial score (nSPS) is 31.0. The van der Waals surface area contributed by atoms with Gasteiger partial charge in [0.15, 0.2) is 0 Å². The molecule has 1 aliphatic heterocycles. The van der Waals surface area contributed by atoms with Crippen molar-refractivity contribution in [3.05, 3.63) is 0 Å². The van der Waals surface area contributed by atoms with E-state index in [1.165, 1.54) is 0 Å². The predicted molar refractivity (Wildman–Crippen MR) is 50.9 cm³/mol. The molecule has 1 fully saturated rings. The molecule has 0 unspecified atom stereocenters. The lowest BCUT2D eigenvalue weighted by atomic mass is 9.82. The summed E-state index contributed by atoms with van der Waals surface area (Å²) in [6.07, 6.45) is 1.02. The molecule has 1 aliphatic rings. The van der Waals surface area contributed by atoms with Gasteiger partial charge in [0.2, 0.25) is 0 Å². The summed E-state index contributed by atoms with van der Waals surface area (Å²) in [5, 5.41) is 12.3. The Balaban J connectivity index is 2.52. The summed E-state index contributed by atoms with van der Waals surface area (Å²) in [7, 11) is 1.60. The van der Waals surface area contributed by atoms with Crippen LogP contribution in [0.2, 0.25) is 6.82 Å². The minimum atomic E-state index is -0.472. The molecule has 1 heterocycles. The second-order valence-corrected chi connectivity index (χ2v) is 3.79. The Morgan fingerprint density at radius 1 is 1.75 bits per heavy atom. The van der Waals surface area contributed by atoms with Crippen LogP contribution in [0.15, 0.2) is 0 Å². The fourth-order valence-corrected chi connectivity index (χ4v) is 1.87. The van der Waals surface area contributed by atoms with E-state index in [1.54, 1.807) is 6.82 Å². The minimum Gasteiger partial charge on any atom is -0.437 e. The molecule has 0 aromatic heterocycles. The van der Waals surface area contributed by atoms with E-state index in [1.807, 2.05) is 0 Å². The lowest BCUT2D eigenvalue weighted by Gasteiger charge is -2.29. The van der Waals surface area contributed by atoms with Crippen LogP contribution in [0.25, 0.3) is 0 Å². The molecular formula is C7H18BN3O. The zero-order valence-corrected chi connectivity index (χ0v) is 7.88. The van der Waals surface area contributed by atoms with Crippen LogP contribution in [0, 0.1) is 0 Å². The second kappa shape index (κ2) is 3.74. The van der Waals surface area contributed by atoms with E-state index in [2.05, 4.69) is 17.2 Å². The molecule has 1 saturated heterocycles. The number of rotatable bonds is 3. The van der Waals surface area contributed by atoms with E-state index in [4.69, 9.17) is 5.73 Å². The van der Waals surface area contributed by atoms with Crippen LogP contribution in [0.4, 0.5) is 0 Å². The third-order valence-electron chi connectivity index (χ3n) is 2.45. The Hall–Kier alpha value is -0.0951. The maximum Gasteiger partial charge on any atom is 0.374 e. The quantitative estimate of drug-likeness (QED) is 0.463. The van der Waals surface area contributed by atoms with Crippen LogP contribution >= 0.6 is 0 Å². The predicted octanol–water partition coefficient (Wildman–Crippen LogP) is -1.28. The Labute approximate surface area is 74.2 Å². The average Bonchev–Trinajstić information content (AvgIpc) is 2.32. The van der Waals surface area contributed by atoms with E-state index >= 15 is 0 Å². The summed E-state index contributed by atoms with van der Waals surface area (Å²) in [4.78, 5) is 2.22. The van der Waals surface area contributed by atoms with Crippen molar-refractivity contribution in [3.8, 4) is 0 Å². The molecule has 5 heteroatoms. The van der Waals surface area contributed by atoms with Gasteiger partial charge >= 0.3 is 7.05 Å². The van der Waals surface area contributed by atoms with Crippen LogP contribution in [0.5, 0.6) is 0 Å². The van der Waals surface area contributed by atoms with Gasteiger partial charge in [-0.25, -0.2) is 0 Å². The second-order valence-electron chi connectivity index (χ2n) is 3.79. The van der Waals surface area contributed by atoms with Crippen molar-refractivity contribution in [2.45, 2.75) is 18.8 Å². The highest BCUT2D eigenvalue weighted by molar-refractivity contribution is 6.45. The van der Waals surface area contributed by atoms with Crippen molar-refractivity contribution in [2.24, 2.45) is 5.73 Å². The molecule has 0 aromatic carbocycles. The van der Waals surface area contributed by atoms with Gasteiger partial charge in [-0.1, -0.05) is 0 Å². The molecule has 0 spiro atoms. The van der Waals surface area contributed by atoms with Gasteiger partial charge in [-0.15, -0.1) is 0 Å². The Morgan fingerprint density at radius 3 is 2.75 bits per heavy atom. The van der Waals surface area contributed by atoms with Crippen LogP contribution in [0.3, 0.4) is 0 Å². The number of hydrogen-bond donors (Lipinski definition) is 3. The van der Waals surface area contributed by atoms with Crippen molar-refractivity contribution >= 4 is 7.05 Å². The van der Waals surface area contributed by atoms with Crippen molar-refractivity contribution in [1.29, 1.82) is 0 Å². The van der Waals surface area contributed by atoms with E-state index < -0.39 is 7.05 Å². The molecule has 0 bridgehead atoms. The number of likely N-dealkylation sites (tertiary alicyclic amines) is 1. The maximum absolute atomic E-state index is 9.21. The molecule has 12 heavy (non-hydrogen) atoms. The van der Waals surface area contributed by atoms with Gasteiger partial charge in [0.05, 0.1) is 0 Å². The van der Waals surface area contributed by atoms with Crippen LogP contribution in [-0.4, -0.2) is 49.2 Å². The molecule has 0 aliphatic carbocycles. The van der Waals surface area contributed by atoms with Crippen molar-refractivity contribution in [2.75, 3.05) is 26.7 Å². The molecule has 4 N–H and O–H groups in total. The first-order chi connectivity index (χ1) is 5.58. The summed E-state index contributed by atoms with van der Waals surface area (Å²) in [6, 6.07) is 0. The largest absolute Gasteiger partial charge is 0.437 e. The van der Waals surface area contributed by atoms with Crippen LogP contribution in [-0.2, 0) is 0 Å². The van der Waals surface area contributed by atoms with Crippen LogP contribution in [0.1, 0.15) is 6.42 Å². The van der Waals surface area contributed by atoms with Gasteiger partial charge in [-0.3, -0.25) is 0 Å². The SMILES string of the molecule is CB(O)N[C@]1(CN)CCN(C)C1. The molecule has 1 rings (SSSR count). The number of nitrogens with zero attached hydrogens (tertiary/aromatic N) is 1. The van der Waals surface area contributed by atoms with E-state index in [0.29, 0.717) is 6.54 Å². The van der Waals surface area contributed by atoms with Gasteiger partial charge in [0, 0.05) is 18.6 Å². The fraction of sp³-hybridized carbons (Fsp3) is 1.00. The summed E-state index contributed by atoms with van der Waals surface area (Å²) in [5.74, 6) is 0. The van der Waals surface area contributed by atoms with E-state index in [0.717, 1.165) is 19.5 Å². The van der Waals surface area contributed by atoms with Gasteiger partial charge in [-0.2, -0.15) is 0 Å².